The van der Waals surface area contributed by atoms with Crippen LogP contribution in [0.4, 0.5) is 4.39 Å². The predicted octanol–water partition coefficient (Wildman–Crippen LogP) is 4.12. The second-order valence-electron chi connectivity index (χ2n) is 6.27. The number of benzene rings is 1. The van der Waals surface area contributed by atoms with Crippen molar-refractivity contribution in [1.82, 2.24) is 4.90 Å². The Balaban J connectivity index is 1.64. The molecule has 2 heterocycles. The summed E-state index contributed by atoms with van der Waals surface area (Å²) in [5.41, 5.74) is 2.08. The van der Waals surface area contributed by atoms with Gasteiger partial charge < -0.3 is 9.64 Å². The van der Waals surface area contributed by atoms with Crippen molar-refractivity contribution < 1.29 is 13.9 Å². The van der Waals surface area contributed by atoms with E-state index in [1.165, 1.54) is 17.0 Å². The zero-order chi connectivity index (χ0) is 17.1. The standard InChI is InChI=1S/C19H22FNO2S/c1-13-15(8-10-24-13)11-19(22)21(2)17-7-9-23-18(12-17)14-3-5-16(20)6-4-14/h3-6,8,10,17-18H,7,9,11-12H2,1-2H3. The van der Waals surface area contributed by atoms with Crippen molar-refractivity contribution in [3.05, 3.63) is 57.5 Å². The van der Waals surface area contributed by atoms with E-state index in [1.807, 2.05) is 30.3 Å². The molecule has 1 aromatic carbocycles. The summed E-state index contributed by atoms with van der Waals surface area (Å²) >= 11 is 1.67. The molecule has 0 aliphatic carbocycles. The first kappa shape index (κ1) is 17.1. The lowest BCUT2D eigenvalue weighted by molar-refractivity contribution is -0.134. The van der Waals surface area contributed by atoms with Crippen molar-refractivity contribution >= 4 is 17.2 Å². The number of likely N-dealkylation sites (N-methyl/N-ethyl adjacent to an activating group) is 1. The molecule has 0 saturated carbocycles. The lowest BCUT2D eigenvalue weighted by Gasteiger charge is -2.35. The van der Waals surface area contributed by atoms with Crippen LogP contribution in [0, 0.1) is 12.7 Å². The van der Waals surface area contributed by atoms with Crippen LogP contribution in [-0.4, -0.2) is 30.5 Å². The number of carbonyl (C=O) groups excluding carboxylic acids is 1. The minimum absolute atomic E-state index is 0.0810. The van der Waals surface area contributed by atoms with Crippen molar-refractivity contribution in [2.45, 2.75) is 38.3 Å². The molecule has 1 aliphatic rings. The summed E-state index contributed by atoms with van der Waals surface area (Å²) in [6.45, 7) is 2.66. The van der Waals surface area contributed by atoms with Crippen LogP contribution in [0.15, 0.2) is 35.7 Å². The fourth-order valence-corrected chi connectivity index (χ4v) is 3.85. The maximum absolute atomic E-state index is 13.1. The number of aryl methyl sites for hydroxylation is 1. The molecule has 128 valence electrons. The van der Waals surface area contributed by atoms with Crippen LogP contribution in [-0.2, 0) is 16.0 Å². The van der Waals surface area contributed by atoms with Crippen molar-refractivity contribution in [3.8, 4) is 0 Å². The van der Waals surface area contributed by atoms with Crippen molar-refractivity contribution in [1.29, 1.82) is 0 Å². The molecule has 0 bridgehead atoms. The molecule has 3 rings (SSSR count). The molecular formula is C19H22FNO2S. The van der Waals surface area contributed by atoms with E-state index in [9.17, 15) is 9.18 Å². The predicted molar refractivity (Wildman–Crippen MR) is 93.6 cm³/mol. The van der Waals surface area contributed by atoms with Gasteiger partial charge in [0.2, 0.25) is 5.91 Å². The van der Waals surface area contributed by atoms with Crippen LogP contribution in [0.1, 0.15) is 34.9 Å². The maximum atomic E-state index is 13.1. The lowest BCUT2D eigenvalue weighted by atomic mass is 9.96. The first-order valence-corrected chi connectivity index (χ1v) is 9.08. The van der Waals surface area contributed by atoms with Crippen molar-refractivity contribution in [2.24, 2.45) is 0 Å². The van der Waals surface area contributed by atoms with Gasteiger partial charge in [-0.3, -0.25) is 4.79 Å². The SMILES string of the molecule is Cc1sccc1CC(=O)N(C)C1CCOC(c2ccc(F)cc2)C1. The highest BCUT2D eigenvalue weighted by Gasteiger charge is 2.29. The largest absolute Gasteiger partial charge is 0.373 e. The summed E-state index contributed by atoms with van der Waals surface area (Å²) < 4.78 is 18.9. The van der Waals surface area contributed by atoms with Gasteiger partial charge in [-0.25, -0.2) is 4.39 Å². The minimum Gasteiger partial charge on any atom is -0.373 e. The Morgan fingerprint density at radius 1 is 1.33 bits per heavy atom. The maximum Gasteiger partial charge on any atom is 0.227 e. The molecule has 1 saturated heterocycles. The highest BCUT2D eigenvalue weighted by molar-refractivity contribution is 7.10. The zero-order valence-corrected chi connectivity index (χ0v) is 14.8. The van der Waals surface area contributed by atoms with Gasteiger partial charge in [0.05, 0.1) is 12.5 Å². The van der Waals surface area contributed by atoms with Crippen LogP contribution < -0.4 is 0 Å². The van der Waals surface area contributed by atoms with Crippen LogP contribution in [0.2, 0.25) is 0 Å². The topological polar surface area (TPSA) is 29.5 Å². The highest BCUT2D eigenvalue weighted by Crippen LogP contribution is 2.30. The second-order valence-corrected chi connectivity index (χ2v) is 7.39. The Morgan fingerprint density at radius 3 is 2.75 bits per heavy atom. The molecule has 2 aromatic rings. The van der Waals surface area contributed by atoms with Gasteiger partial charge in [0.25, 0.3) is 0 Å². The number of thiophene rings is 1. The second kappa shape index (κ2) is 7.45. The molecule has 1 aromatic heterocycles. The fraction of sp³-hybridized carbons (Fsp3) is 0.421. The molecule has 0 N–H and O–H groups in total. The Hall–Kier alpha value is -1.72. The highest BCUT2D eigenvalue weighted by atomic mass is 32.1. The van der Waals surface area contributed by atoms with Gasteiger partial charge in [-0.15, -0.1) is 11.3 Å². The Bertz CT molecular complexity index is 698. The van der Waals surface area contributed by atoms with Gasteiger partial charge in [0.15, 0.2) is 0 Å². The quantitative estimate of drug-likeness (QED) is 0.833. The van der Waals surface area contributed by atoms with Gasteiger partial charge in [0, 0.05) is 24.6 Å². The van der Waals surface area contributed by atoms with E-state index < -0.39 is 0 Å². The molecule has 1 fully saturated rings. The molecule has 0 spiro atoms. The van der Waals surface area contributed by atoms with E-state index in [4.69, 9.17) is 4.74 Å². The molecule has 2 unspecified atom stereocenters. The Morgan fingerprint density at radius 2 is 2.08 bits per heavy atom. The third-order valence-electron chi connectivity index (χ3n) is 4.75. The van der Waals surface area contributed by atoms with Crippen molar-refractivity contribution in [2.75, 3.05) is 13.7 Å². The summed E-state index contributed by atoms with van der Waals surface area (Å²) in [5.74, 6) is -0.106. The average molecular weight is 347 g/mol. The molecule has 2 atom stereocenters. The van der Waals surface area contributed by atoms with E-state index in [2.05, 4.69) is 0 Å². The summed E-state index contributed by atoms with van der Waals surface area (Å²) in [6.07, 6.45) is 1.95. The third-order valence-corrected chi connectivity index (χ3v) is 5.64. The molecule has 0 radical (unpaired) electrons. The van der Waals surface area contributed by atoms with E-state index in [0.29, 0.717) is 13.0 Å². The summed E-state index contributed by atoms with van der Waals surface area (Å²) in [5, 5.41) is 2.02. The van der Waals surface area contributed by atoms with Crippen LogP contribution in [0.5, 0.6) is 0 Å². The Kier molecular flexibility index (Phi) is 5.31. The number of halogens is 1. The van der Waals surface area contributed by atoms with E-state index >= 15 is 0 Å². The van der Waals surface area contributed by atoms with Crippen LogP contribution in [0.25, 0.3) is 0 Å². The number of hydrogen-bond donors (Lipinski definition) is 0. The average Bonchev–Trinajstić information content (AvgIpc) is 3.00. The molecule has 3 nitrogen and oxygen atoms in total. The Labute approximate surface area is 146 Å². The van der Waals surface area contributed by atoms with E-state index in [0.717, 1.165) is 24.0 Å². The first-order chi connectivity index (χ1) is 11.5. The van der Waals surface area contributed by atoms with E-state index in [1.54, 1.807) is 23.5 Å². The van der Waals surface area contributed by atoms with Gasteiger partial charge in [-0.1, -0.05) is 12.1 Å². The number of hydrogen-bond acceptors (Lipinski definition) is 3. The van der Waals surface area contributed by atoms with Gasteiger partial charge in [0.1, 0.15) is 5.82 Å². The summed E-state index contributed by atoms with van der Waals surface area (Å²) in [6, 6.07) is 8.61. The normalized spacial score (nSPS) is 20.8. The molecular weight excluding hydrogens is 325 g/mol. The van der Waals surface area contributed by atoms with Crippen molar-refractivity contribution in [3.63, 3.8) is 0 Å². The summed E-state index contributed by atoms with van der Waals surface area (Å²) in [4.78, 5) is 15.6. The van der Waals surface area contributed by atoms with Gasteiger partial charge in [-0.2, -0.15) is 0 Å². The van der Waals surface area contributed by atoms with Gasteiger partial charge in [-0.05, 0) is 54.5 Å². The molecule has 1 amide bonds. The number of nitrogens with zero attached hydrogens (tertiary/aromatic N) is 1. The van der Waals surface area contributed by atoms with Crippen LogP contribution >= 0.6 is 11.3 Å². The van der Waals surface area contributed by atoms with Gasteiger partial charge >= 0.3 is 0 Å². The first-order valence-electron chi connectivity index (χ1n) is 8.20. The monoisotopic (exact) mass is 347 g/mol. The number of amides is 1. The lowest BCUT2D eigenvalue weighted by Crippen LogP contribution is -2.42. The zero-order valence-electron chi connectivity index (χ0n) is 14.0. The third kappa shape index (κ3) is 3.84. The smallest absolute Gasteiger partial charge is 0.227 e. The van der Waals surface area contributed by atoms with E-state index in [-0.39, 0.29) is 23.9 Å². The number of rotatable bonds is 4. The minimum atomic E-state index is -0.246. The molecule has 24 heavy (non-hydrogen) atoms. The molecule has 1 aliphatic heterocycles. The number of ether oxygens (including phenoxy) is 1. The molecule has 5 heteroatoms. The fourth-order valence-electron chi connectivity index (χ4n) is 3.13. The summed E-state index contributed by atoms with van der Waals surface area (Å²) in [7, 11) is 1.88. The van der Waals surface area contributed by atoms with Crippen LogP contribution in [0.3, 0.4) is 0 Å². The number of carbonyl (C=O) groups is 1.